The quantitative estimate of drug-likeness (QED) is 0.0264. The van der Waals surface area contributed by atoms with Crippen molar-refractivity contribution in [3.8, 4) is 0 Å². The Hall–Kier alpha value is -5.41. The van der Waals surface area contributed by atoms with Crippen LogP contribution in [0.2, 0.25) is 0 Å². The zero-order valence-electron chi connectivity index (χ0n) is 53.0. The Labute approximate surface area is 518 Å². The lowest BCUT2D eigenvalue weighted by Gasteiger charge is -2.19. The SMILES string of the molecule is CC/C=C\C/C=C\C/C=C\C/C=C\C/C=C\C/C=C\C/C=C\C/C=C\C/C=C\CCCCCCCC(=O)OC(COC(=O)CCCCCCCC/C=C\C/C=C\C/C=C\C/C=C\C/C=C\C/C=C\C/C=C\C/C=C\CC)COP(=O)(O)OCCN. The van der Waals surface area contributed by atoms with Gasteiger partial charge in [-0.25, -0.2) is 4.57 Å². The lowest BCUT2D eigenvalue weighted by atomic mass is 10.1. The second kappa shape index (κ2) is 67.7. The van der Waals surface area contributed by atoms with Gasteiger partial charge in [-0.15, -0.1) is 0 Å². The van der Waals surface area contributed by atoms with E-state index >= 15 is 0 Å². The highest BCUT2D eigenvalue weighted by Crippen LogP contribution is 2.43. The van der Waals surface area contributed by atoms with Crippen LogP contribution < -0.4 is 5.73 Å². The number of unbranched alkanes of at least 4 members (excludes halogenated alkanes) is 11. The fourth-order valence-corrected chi connectivity index (χ4v) is 8.70. The van der Waals surface area contributed by atoms with E-state index in [1.165, 1.54) is 0 Å². The van der Waals surface area contributed by atoms with Crippen molar-refractivity contribution in [2.45, 2.75) is 225 Å². The molecule has 0 spiro atoms. The molecule has 0 aromatic heterocycles. The normalized spacial score (nSPS) is 14.4. The Balaban J connectivity index is 4.11. The number of ether oxygens (including phenoxy) is 2. The molecule has 0 radical (unpaired) electrons. The molecule has 9 nitrogen and oxygen atoms in total. The van der Waals surface area contributed by atoms with E-state index in [-0.39, 0.29) is 32.6 Å². The standard InChI is InChI=1S/C75H116NO8P/c1-3-5-7-9-11-13-15-17-19-21-23-25-27-29-31-33-35-36-38-40-42-44-46-48-50-52-54-56-58-60-62-64-66-68-75(78)84-73(72-83-85(79,80)82-70-69-76)71-81-74(77)67-65-63-61-59-57-55-53-51-49-47-45-43-41-39-37-34-32-30-28-26-24-22-20-18-16-14-12-10-8-6-4-2/h5-8,11-14,17-20,23-26,29-32,35-37,39-40,42-43,45-46,48-49,51-52,54,73H,3-4,9-10,15-16,21-22,27-28,33-34,38,41,44,47,50,53,55-72,76H2,1-2H3,(H,79,80)/b7-5-,8-6-,13-11-,14-12-,19-17-,20-18-,25-23-,26-24-,31-29-,32-30-,36-35-,39-37-,42-40-,45-43-,48-46-,51-49-,54-52-. The molecule has 0 amide bonds. The first-order valence-corrected chi connectivity index (χ1v) is 34.1. The molecule has 0 aliphatic carbocycles. The van der Waals surface area contributed by atoms with Gasteiger partial charge in [0.15, 0.2) is 6.10 Å². The minimum atomic E-state index is -4.42. The second-order valence-electron chi connectivity index (χ2n) is 20.5. The molecule has 3 N–H and O–H groups in total. The third-order valence-corrected chi connectivity index (χ3v) is 13.6. The highest BCUT2D eigenvalue weighted by molar-refractivity contribution is 7.47. The zero-order chi connectivity index (χ0) is 61.6. The van der Waals surface area contributed by atoms with E-state index in [1.54, 1.807) is 0 Å². The molecule has 0 rings (SSSR count). The summed E-state index contributed by atoms with van der Waals surface area (Å²) in [6.45, 7) is 3.44. The van der Waals surface area contributed by atoms with Crippen molar-refractivity contribution in [1.82, 2.24) is 0 Å². The molecule has 0 bridgehead atoms. The minimum absolute atomic E-state index is 0.0353. The van der Waals surface area contributed by atoms with Gasteiger partial charge in [0.25, 0.3) is 0 Å². The molecular formula is C75H116NO8P. The maximum absolute atomic E-state index is 12.7. The molecule has 0 aromatic rings. The molecule has 2 atom stereocenters. The van der Waals surface area contributed by atoms with Crippen molar-refractivity contribution in [3.63, 3.8) is 0 Å². The Morgan fingerprint density at radius 3 is 0.906 bits per heavy atom. The molecule has 0 saturated carbocycles. The number of carbonyl (C=O) groups is 2. The van der Waals surface area contributed by atoms with Gasteiger partial charge in [-0.3, -0.25) is 18.6 Å². The van der Waals surface area contributed by atoms with Crippen molar-refractivity contribution in [3.05, 3.63) is 207 Å². The lowest BCUT2D eigenvalue weighted by Crippen LogP contribution is -2.29. The summed E-state index contributed by atoms with van der Waals surface area (Å²) < 4.78 is 33.1. The number of hydrogen-bond acceptors (Lipinski definition) is 8. The van der Waals surface area contributed by atoms with Gasteiger partial charge < -0.3 is 20.1 Å². The predicted octanol–water partition coefficient (Wildman–Crippen LogP) is 21.5. The fourth-order valence-electron chi connectivity index (χ4n) is 7.94. The molecular weight excluding hydrogens is 1070 g/mol. The van der Waals surface area contributed by atoms with Crippen molar-refractivity contribution in [2.75, 3.05) is 26.4 Å². The fraction of sp³-hybridized carbons (Fsp3) is 0.520. The zero-order valence-corrected chi connectivity index (χ0v) is 53.9. The van der Waals surface area contributed by atoms with Gasteiger partial charge in [0.05, 0.1) is 13.2 Å². The van der Waals surface area contributed by atoms with Crippen LogP contribution in [0.5, 0.6) is 0 Å². The first-order chi connectivity index (χ1) is 41.8. The number of nitrogens with two attached hydrogens (primary N) is 1. The molecule has 0 fully saturated rings. The Morgan fingerprint density at radius 1 is 0.353 bits per heavy atom. The summed E-state index contributed by atoms with van der Waals surface area (Å²) in [6.07, 6.45) is 105. The molecule has 0 saturated heterocycles. The Bertz CT molecular complexity index is 2140. The van der Waals surface area contributed by atoms with E-state index in [1.807, 2.05) is 0 Å². The third kappa shape index (κ3) is 67.6. The van der Waals surface area contributed by atoms with Crippen LogP contribution in [0.3, 0.4) is 0 Å². The van der Waals surface area contributed by atoms with Crippen molar-refractivity contribution in [1.29, 1.82) is 0 Å². The smallest absolute Gasteiger partial charge is 0.462 e. The third-order valence-electron chi connectivity index (χ3n) is 12.7. The molecule has 0 aromatic carbocycles. The predicted molar refractivity (Wildman–Crippen MR) is 366 cm³/mol. The largest absolute Gasteiger partial charge is 0.472 e. The average Bonchev–Trinajstić information content (AvgIpc) is 3.52. The van der Waals surface area contributed by atoms with Crippen LogP contribution in [0.1, 0.15) is 219 Å². The van der Waals surface area contributed by atoms with Crippen LogP contribution in [0.15, 0.2) is 207 Å². The molecule has 10 heteroatoms. The summed E-state index contributed by atoms with van der Waals surface area (Å²) in [7, 11) is -4.42. The van der Waals surface area contributed by atoms with Gasteiger partial charge in [-0.1, -0.05) is 265 Å². The van der Waals surface area contributed by atoms with Crippen LogP contribution in [0, 0.1) is 0 Å². The molecule has 85 heavy (non-hydrogen) atoms. The first-order valence-electron chi connectivity index (χ1n) is 32.6. The number of phosphoric ester groups is 1. The van der Waals surface area contributed by atoms with Gasteiger partial charge in [0, 0.05) is 19.4 Å². The van der Waals surface area contributed by atoms with Crippen molar-refractivity contribution in [2.24, 2.45) is 5.73 Å². The van der Waals surface area contributed by atoms with Crippen LogP contribution in [0.25, 0.3) is 0 Å². The van der Waals surface area contributed by atoms with E-state index in [4.69, 9.17) is 24.3 Å². The number of rotatable bonds is 58. The van der Waals surface area contributed by atoms with Gasteiger partial charge in [0.1, 0.15) is 6.61 Å². The van der Waals surface area contributed by atoms with Gasteiger partial charge >= 0.3 is 19.8 Å². The van der Waals surface area contributed by atoms with Crippen molar-refractivity contribution < 1.29 is 37.6 Å². The minimum Gasteiger partial charge on any atom is -0.462 e. The number of hydrogen-bond donors (Lipinski definition) is 2. The second-order valence-corrected chi connectivity index (χ2v) is 22.0. The Kier molecular flexibility index (Phi) is 63.4. The van der Waals surface area contributed by atoms with Gasteiger partial charge in [-0.05, 0) is 148 Å². The average molecular weight is 1190 g/mol. The topological polar surface area (TPSA) is 134 Å². The summed E-state index contributed by atoms with van der Waals surface area (Å²) in [5.41, 5.74) is 5.39. The van der Waals surface area contributed by atoms with Crippen LogP contribution in [-0.4, -0.2) is 49.3 Å². The maximum Gasteiger partial charge on any atom is 0.472 e. The molecule has 0 heterocycles. The van der Waals surface area contributed by atoms with Gasteiger partial charge in [0.2, 0.25) is 0 Å². The van der Waals surface area contributed by atoms with E-state index in [9.17, 15) is 19.0 Å². The molecule has 2 unspecified atom stereocenters. The van der Waals surface area contributed by atoms with E-state index in [2.05, 4.69) is 220 Å². The summed E-state index contributed by atoms with van der Waals surface area (Å²) in [4.78, 5) is 35.3. The summed E-state index contributed by atoms with van der Waals surface area (Å²) in [5.74, 6) is -0.886. The highest BCUT2D eigenvalue weighted by atomic mass is 31.2. The first kappa shape index (κ1) is 79.6. The van der Waals surface area contributed by atoms with Crippen LogP contribution >= 0.6 is 7.82 Å². The summed E-state index contributed by atoms with van der Waals surface area (Å²) in [5, 5.41) is 0. The van der Waals surface area contributed by atoms with E-state index < -0.39 is 32.5 Å². The highest BCUT2D eigenvalue weighted by Gasteiger charge is 2.26. The molecule has 474 valence electrons. The van der Waals surface area contributed by atoms with E-state index in [0.717, 1.165) is 180 Å². The lowest BCUT2D eigenvalue weighted by molar-refractivity contribution is -0.161. The Morgan fingerprint density at radius 2 is 0.612 bits per heavy atom. The van der Waals surface area contributed by atoms with Crippen molar-refractivity contribution >= 4 is 19.8 Å². The van der Waals surface area contributed by atoms with E-state index in [0.29, 0.717) is 12.8 Å². The number of carbonyl (C=O) groups excluding carboxylic acids is 2. The molecule has 0 aliphatic rings. The molecule has 0 aliphatic heterocycles. The van der Waals surface area contributed by atoms with Crippen LogP contribution in [-0.2, 0) is 32.7 Å². The summed E-state index contributed by atoms with van der Waals surface area (Å²) >= 11 is 0. The van der Waals surface area contributed by atoms with Crippen LogP contribution in [0.4, 0.5) is 0 Å². The maximum atomic E-state index is 12.7. The number of phosphoric acid groups is 1. The van der Waals surface area contributed by atoms with Gasteiger partial charge in [-0.2, -0.15) is 0 Å². The number of esters is 2. The number of allylic oxidation sites excluding steroid dienone is 34. The summed E-state index contributed by atoms with van der Waals surface area (Å²) in [6, 6.07) is 0. The monoisotopic (exact) mass is 1190 g/mol.